The van der Waals surface area contributed by atoms with Gasteiger partial charge in [0, 0.05) is 0 Å². The molecule has 0 aromatic heterocycles. The molecule has 1 aliphatic heterocycles. The largest absolute Gasteiger partial charge is 0.505 e. The summed E-state index contributed by atoms with van der Waals surface area (Å²) < 4.78 is 4.32. The van der Waals surface area contributed by atoms with Crippen molar-refractivity contribution in [2.45, 2.75) is 12.2 Å². The Balaban J connectivity index is 2.80. The van der Waals surface area contributed by atoms with E-state index in [0.717, 1.165) is 0 Å². The monoisotopic (exact) mass is 178 g/mol. The van der Waals surface area contributed by atoms with Gasteiger partial charge in [0.15, 0.2) is 11.9 Å². The van der Waals surface area contributed by atoms with Crippen LogP contribution >= 0.6 is 0 Å². The number of hydrogen-bond donors (Lipinski definition) is 4. The second-order valence-corrected chi connectivity index (χ2v) is 2.31. The van der Waals surface area contributed by atoms with E-state index in [0.29, 0.717) is 0 Å². The molecule has 1 rings (SSSR count). The highest BCUT2D eigenvalue weighted by Crippen LogP contribution is 2.20. The Morgan fingerprint density at radius 2 is 2.17 bits per heavy atom. The number of carbonyl (C=O) groups excluding carboxylic acids is 1. The number of aliphatic hydroxyl groups is 4. The lowest BCUT2D eigenvalue weighted by Gasteiger charge is -2.13. The summed E-state index contributed by atoms with van der Waals surface area (Å²) in [5, 5.41) is 35.0. The van der Waals surface area contributed by atoms with Crippen molar-refractivity contribution in [2.75, 3.05) is 6.61 Å². The van der Waals surface area contributed by atoms with Crippen molar-refractivity contribution in [2.24, 2.45) is 0 Å². The number of cyclic esters (lactones) is 1. The number of carbonyl (C=O) groups is 1. The van der Waals surface area contributed by atoms with Crippen LogP contribution in [0.1, 0.15) is 0 Å². The maximum absolute atomic E-state index is 10.5. The zero-order valence-corrected chi connectivity index (χ0v) is 5.97. The van der Waals surface area contributed by atoms with E-state index in [2.05, 4.69) is 4.74 Å². The Bertz CT molecular complexity index is 232. The van der Waals surface area contributed by atoms with Crippen molar-refractivity contribution in [1.29, 1.82) is 0 Å². The van der Waals surface area contributed by atoms with Gasteiger partial charge in [-0.3, -0.25) is 0 Å². The number of esters is 1. The third-order valence-corrected chi connectivity index (χ3v) is 1.48. The summed E-state index contributed by atoms with van der Waals surface area (Å²) >= 11 is 0. The number of ether oxygens (including phenoxy) is 1. The minimum Gasteiger partial charge on any atom is -0.505 e. The van der Waals surface area contributed by atoms with E-state index in [1.54, 1.807) is 0 Å². The van der Waals surface area contributed by atoms with E-state index < -0.39 is 36.3 Å². The fraction of sp³-hybridized carbons (Fsp3) is 0.500. The average molecular weight is 178 g/mol. The summed E-state index contributed by atoms with van der Waals surface area (Å²) in [7, 11) is 0. The highest BCUT2D eigenvalue weighted by molar-refractivity contribution is 5.89. The smallest absolute Gasteiger partial charge is 0.377 e. The number of hydrogen-bond acceptors (Lipinski definition) is 6. The van der Waals surface area contributed by atoms with Crippen molar-refractivity contribution in [3.05, 3.63) is 11.5 Å². The van der Waals surface area contributed by atoms with Crippen LogP contribution < -0.4 is 0 Å². The number of rotatable bonds is 2. The molecule has 0 spiro atoms. The van der Waals surface area contributed by atoms with Crippen LogP contribution in [0.5, 0.6) is 0 Å². The molecule has 0 fully saturated rings. The van der Waals surface area contributed by atoms with E-state index in [4.69, 9.17) is 20.4 Å². The lowest BCUT2D eigenvalue weighted by atomic mass is 10.2. The minimum atomic E-state index is -1.42. The molecule has 1 aliphatic rings. The van der Waals surface area contributed by atoms with Crippen molar-refractivity contribution >= 4 is 5.97 Å². The summed E-state index contributed by atoms with van der Waals surface area (Å²) in [5.41, 5.74) is 0. The molecular weight excluding hydrogens is 170 g/mol. The molecule has 0 bridgehead atoms. The molecule has 2 atom stereocenters. The maximum Gasteiger partial charge on any atom is 0.377 e. The molecule has 0 aromatic carbocycles. The molecule has 0 unspecified atom stereocenters. The quantitative estimate of drug-likeness (QED) is 0.387. The van der Waals surface area contributed by atoms with Gasteiger partial charge in [-0.15, -0.1) is 0 Å². The second kappa shape index (κ2) is 3.00. The van der Waals surface area contributed by atoms with Crippen LogP contribution in [0.4, 0.5) is 0 Å². The van der Waals surface area contributed by atoms with Crippen LogP contribution in [0.3, 0.4) is 0 Å². The van der Waals surface area contributed by atoms with Gasteiger partial charge < -0.3 is 25.2 Å². The molecule has 1 heterocycles. The molecule has 0 amide bonds. The highest BCUT2D eigenvalue weighted by atomic mass is 16.8. The molecule has 0 radical (unpaired) electrons. The van der Waals surface area contributed by atoms with Crippen LogP contribution in [-0.2, 0) is 9.53 Å². The Labute approximate surface area is 67.3 Å². The van der Waals surface area contributed by atoms with E-state index in [9.17, 15) is 4.79 Å². The summed E-state index contributed by atoms with van der Waals surface area (Å²) in [6.07, 6.45) is -2.78. The molecular formula is C6H8O6. The first-order valence-electron chi connectivity index (χ1n) is 3.20. The number of aliphatic hydroxyl groups excluding tert-OH is 4. The molecule has 12 heavy (non-hydrogen) atoms. The van der Waals surface area contributed by atoms with E-state index in [1.165, 1.54) is 0 Å². The molecule has 0 saturated carbocycles. The Kier molecular flexibility index (Phi) is 2.20. The van der Waals surface area contributed by atoms with Crippen molar-refractivity contribution in [3.8, 4) is 0 Å². The van der Waals surface area contributed by atoms with E-state index in [1.807, 2.05) is 0 Å². The molecule has 0 saturated heterocycles. The van der Waals surface area contributed by atoms with Gasteiger partial charge in [-0.1, -0.05) is 0 Å². The predicted molar refractivity (Wildman–Crippen MR) is 35.3 cm³/mol. The van der Waals surface area contributed by atoms with Gasteiger partial charge in [0.1, 0.15) is 6.10 Å². The van der Waals surface area contributed by atoms with Crippen LogP contribution in [0.2, 0.25) is 0 Å². The molecule has 0 aromatic rings. The molecule has 4 N–H and O–H groups in total. The minimum absolute atomic E-state index is 0.671. The third kappa shape index (κ3) is 1.21. The molecule has 0 aliphatic carbocycles. The van der Waals surface area contributed by atoms with E-state index in [-0.39, 0.29) is 0 Å². The lowest BCUT2D eigenvalue weighted by Crippen LogP contribution is -2.31. The zero-order valence-electron chi connectivity index (χ0n) is 5.97. The Morgan fingerprint density at radius 3 is 2.50 bits per heavy atom. The van der Waals surface area contributed by atoms with Gasteiger partial charge in [0.05, 0.1) is 6.61 Å². The van der Waals surface area contributed by atoms with Gasteiger partial charge in [-0.05, 0) is 0 Å². The van der Waals surface area contributed by atoms with Crippen molar-refractivity contribution < 1.29 is 30.0 Å². The Hall–Kier alpha value is -1.27. The van der Waals surface area contributed by atoms with Crippen molar-refractivity contribution in [1.82, 2.24) is 0 Å². The first kappa shape index (κ1) is 8.82. The average Bonchev–Trinajstić information content (AvgIpc) is 2.32. The normalized spacial score (nSPS) is 25.8. The summed E-state index contributed by atoms with van der Waals surface area (Å²) in [6, 6.07) is 0. The fourth-order valence-corrected chi connectivity index (χ4v) is 0.823. The molecule has 6 heteroatoms. The van der Waals surface area contributed by atoms with E-state index >= 15 is 0 Å². The van der Waals surface area contributed by atoms with Crippen LogP contribution in [0, 0.1) is 0 Å². The first-order valence-corrected chi connectivity index (χ1v) is 3.20. The maximum atomic E-state index is 10.5. The van der Waals surface area contributed by atoms with Gasteiger partial charge in [0.25, 0.3) is 0 Å². The zero-order chi connectivity index (χ0) is 9.30. The summed E-state index contributed by atoms with van der Waals surface area (Å²) in [4.78, 5) is 10.5. The van der Waals surface area contributed by atoms with Crippen molar-refractivity contribution in [3.63, 3.8) is 0 Å². The van der Waals surface area contributed by atoms with Gasteiger partial charge >= 0.3 is 5.97 Å². The standard InChI is InChI=1S/C6H8O6/c7-1-2(8)5-3(9)4(10)6(11)12-5/h2,5,7-10H,1H2/t2-,5+/m0/s1/i6+2. The highest BCUT2D eigenvalue weighted by Gasteiger charge is 2.38. The Morgan fingerprint density at radius 1 is 1.58 bits per heavy atom. The SMILES string of the molecule is O=[14C]1O[C@H]([C@@H](O)CO)C(O)=C1O. The third-order valence-electron chi connectivity index (χ3n) is 1.48. The van der Waals surface area contributed by atoms with Crippen LogP contribution in [0.15, 0.2) is 11.5 Å². The fourth-order valence-electron chi connectivity index (χ4n) is 0.823. The van der Waals surface area contributed by atoms with Gasteiger partial charge in [-0.25, -0.2) is 4.79 Å². The van der Waals surface area contributed by atoms with Crippen LogP contribution in [0.25, 0.3) is 0 Å². The predicted octanol–water partition coefficient (Wildman–Crippen LogP) is -1.41. The summed E-state index contributed by atoms with van der Waals surface area (Å²) in [5.74, 6) is -2.78. The lowest BCUT2D eigenvalue weighted by molar-refractivity contribution is -0.147. The van der Waals surface area contributed by atoms with Crippen LogP contribution in [-0.4, -0.2) is 45.2 Å². The second-order valence-electron chi connectivity index (χ2n) is 2.31. The summed E-state index contributed by atoms with van der Waals surface area (Å²) in [6.45, 7) is -0.671. The first-order chi connectivity index (χ1) is 5.57. The van der Waals surface area contributed by atoms with Gasteiger partial charge in [0.2, 0.25) is 5.76 Å². The topological polar surface area (TPSA) is 107 Å². The van der Waals surface area contributed by atoms with Gasteiger partial charge in [-0.2, -0.15) is 0 Å². The molecule has 68 valence electrons. The molecule has 6 nitrogen and oxygen atoms in total.